The van der Waals surface area contributed by atoms with Gasteiger partial charge in [-0.2, -0.15) is 13.2 Å². The second kappa shape index (κ2) is 8.98. The first-order valence-corrected chi connectivity index (χ1v) is 11.3. The van der Waals surface area contributed by atoms with Gasteiger partial charge in [-0.05, 0) is 83.2 Å². The van der Waals surface area contributed by atoms with Crippen molar-refractivity contribution in [2.45, 2.75) is 81.8 Å². The van der Waals surface area contributed by atoms with Gasteiger partial charge in [-0.1, -0.05) is 6.07 Å². The Morgan fingerprint density at radius 3 is 2.71 bits per heavy atom. The maximum absolute atomic E-state index is 12.9. The van der Waals surface area contributed by atoms with Crippen molar-refractivity contribution in [1.82, 2.24) is 10.2 Å². The van der Waals surface area contributed by atoms with Crippen LogP contribution in [0.2, 0.25) is 0 Å². The molecule has 5 nitrogen and oxygen atoms in total. The maximum atomic E-state index is 12.9. The summed E-state index contributed by atoms with van der Waals surface area (Å²) in [6.07, 6.45) is 1.84. The second-order valence-electron chi connectivity index (χ2n) is 9.09. The lowest BCUT2D eigenvalue weighted by Gasteiger charge is -2.46. The highest BCUT2D eigenvalue weighted by Gasteiger charge is 2.46. The normalized spacial score (nSPS) is 30.5. The molecule has 3 fully saturated rings. The van der Waals surface area contributed by atoms with Gasteiger partial charge >= 0.3 is 6.18 Å². The number of halogens is 3. The number of nitrogens with zero attached hydrogens (tertiary/aromatic N) is 1. The SMILES string of the molecule is CC(Oc1cccc(C(F)(F)F)c1)C(=O)NC1CCC2(CCCO2)CC1N1CCCC1. The predicted molar refractivity (Wildman–Crippen MR) is 110 cm³/mol. The van der Waals surface area contributed by atoms with E-state index in [1.165, 1.54) is 25.0 Å². The average Bonchev–Trinajstić information content (AvgIpc) is 3.42. The monoisotopic (exact) mass is 440 g/mol. The third kappa shape index (κ3) is 5.17. The molecular weight excluding hydrogens is 409 g/mol. The summed E-state index contributed by atoms with van der Waals surface area (Å²) < 4.78 is 50.5. The third-order valence-corrected chi connectivity index (χ3v) is 6.92. The molecule has 3 aliphatic rings. The Bertz CT molecular complexity index is 774. The van der Waals surface area contributed by atoms with E-state index in [0.29, 0.717) is 0 Å². The largest absolute Gasteiger partial charge is 0.481 e. The van der Waals surface area contributed by atoms with Gasteiger partial charge in [-0.3, -0.25) is 9.69 Å². The summed E-state index contributed by atoms with van der Waals surface area (Å²) >= 11 is 0. The summed E-state index contributed by atoms with van der Waals surface area (Å²) in [5, 5.41) is 3.13. The zero-order chi connectivity index (χ0) is 22.1. The fourth-order valence-electron chi connectivity index (χ4n) is 5.28. The van der Waals surface area contributed by atoms with Crippen molar-refractivity contribution >= 4 is 5.91 Å². The van der Waals surface area contributed by atoms with Gasteiger partial charge in [0.1, 0.15) is 5.75 Å². The Morgan fingerprint density at radius 1 is 1.26 bits per heavy atom. The molecule has 0 aromatic heterocycles. The number of alkyl halides is 3. The number of nitrogens with one attached hydrogen (secondary N) is 1. The van der Waals surface area contributed by atoms with E-state index in [4.69, 9.17) is 9.47 Å². The van der Waals surface area contributed by atoms with Crippen molar-refractivity contribution in [3.8, 4) is 5.75 Å². The first kappa shape index (κ1) is 22.4. The van der Waals surface area contributed by atoms with Gasteiger partial charge in [0.05, 0.1) is 11.2 Å². The van der Waals surface area contributed by atoms with Crippen LogP contribution in [-0.2, 0) is 15.7 Å². The Labute approximate surface area is 181 Å². The van der Waals surface area contributed by atoms with Gasteiger partial charge in [0.2, 0.25) is 0 Å². The molecule has 2 aliphatic heterocycles. The van der Waals surface area contributed by atoms with Gasteiger partial charge in [0.15, 0.2) is 6.10 Å². The number of carbonyl (C=O) groups excluding carboxylic acids is 1. The van der Waals surface area contributed by atoms with Crippen molar-refractivity contribution in [1.29, 1.82) is 0 Å². The molecule has 1 N–H and O–H groups in total. The lowest BCUT2D eigenvalue weighted by atomic mass is 9.76. The van der Waals surface area contributed by atoms with Crippen molar-refractivity contribution < 1.29 is 27.4 Å². The highest BCUT2D eigenvalue weighted by atomic mass is 19.4. The molecule has 2 heterocycles. The molecule has 172 valence electrons. The molecule has 31 heavy (non-hydrogen) atoms. The van der Waals surface area contributed by atoms with E-state index >= 15 is 0 Å². The van der Waals surface area contributed by atoms with Crippen molar-refractivity contribution in [3.63, 3.8) is 0 Å². The minimum atomic E-state index is -4.45. The smallest absolute Gasteiger partial charge is 0.416 e. The van der Waals surface area contributed by atoms with Gasteiger partial charge in [-0.25, -0.2) is 0 Å². The predicted octanol–water partition coefficient (Wildman–Crippen LogP) is 4.16. The maximum Gasteiger partial charge on any atom is 0.416 e. The molecule has 1 spiro atoms. The van der Waals surface area contributed by atoms with Crippen molar-refractivity contribution in [3.05, 3.63) is 29.8 Å². The number of hydrogen-bond donors (Lipinski definition) is 1. The van der Waals surface area contributed by atoms with Gasteiger partial charge in [0.25, 0.3) is 5.91 Å². The summed E-state index contributed by atoms with van der Waals surface area (Å²) in [6, 6.07) is 4.86. The van der Waals surface area contributed by atoms with Crippen LogP contribution in [0.4, 0.5) is 13.2 Å². The van der Waals surface area contributed by atoms with Gasteiger partial charge in [0, 0.05) is 18.7 Å². The molecule has 2 saturated heterocycles. The zero-order valence-corrected chi connectivity index (χ0v) is 17.9. The highest BCUT2D eigenvalue weighted by Crippen LogP contribution is 2.41. The summed E-state index contributed by atoms with van der Waals surface area (Å²) in [4.78, 5) is 15.3. The molecule has 8 heteroatoms. The molecule has 4 atom stereocenters. The fourth-order valence-corrected chi connectivity index (χ4v) is 5.28. The summed E-state index contributed by atoms with van der Waals surface area (Å²) in [5.41, 5.74) is -0.852. The molecule has 1 aromatic rings. The number of carbonyl (C=O) groups is 1. The number of rotatable bonds is 5. The van der Waals surface area contributed by atoms with E-state index in [0.717, 1.165) is 63.9 Å². The third-order valence-electron chi connectivity index (χ3n) is 6.92. The van der Waals surface area contributed by atoms with E-state index in [1.54, 1.807) is 6.92 Å². The van der Waals surface area contributed by atoms with Crippen LogP contribution in [0, 0.1) is 0 Å². The molecule has 4 unspecified atom stereocenters. The summed E-state index contributed by atoms with van der Waals surface area (Å²) in [5.74, 6) is -0.259. The fraction of sp³-hybridized carbons (Fsp3) is 0.696. The lowest BCUT2D eigenvalue weighted by Crippen LogP contribution is -2.59. The molecular formula is C23H31F3N2O3. The first-order valence-electron chi connectivity index (χ1n) is 11.3. The molecule has 4 rings (SSSR count). The van der Waals surface area contributed by atoms with Crippen LogP contribution in [0.15, 0.2) is 24.3 Å². The highest BCUT2D eigenvalue weighted by molar-refractivity contribution is 5.81. The molecule has 1 aliphatic carbocycles. The van der Waals surface area contributed by atoms with Crippen LogP contribution in [0.25, 0.3) is 0 Å². The van der Waals surface area contributed by atoms with E-state index in [9.17, 15) is 18.0 Å². The minimum absolute atomic E-state index is 0.00650. The van der Waals surface area contributed by atoms with Crippen LogP contribution < -0.4 is 10.1 Å². The number of hydrogen-bond acceptors (Lipinski definition) is 4. The van der Waals surface area contributed by atoms with Crippen LogP contribution in [-0.4, -0.2) is 54.3 Å². The number of ether oxygens (including phenoxy) is 2. The topological polar surface area (TPSA) is 50.8 Å². The Hall–Kier alpha value is -1.80. The van der Waals surface area contributed by atoms with Crippen LogP contribution >= 0.6 is 0 Å². The Kier molecular flexibility index (Phi) is 6.49. The quantitative estimate of drug-likeness (QED) is 0.747. The first-order chi connectivity index (χ1) is 14.8. The van der Waals surface area contributed by atoms with Crippen LogP contribution in [0.5, 0.6) is 5.75 Å². The van der Waals surface area contributed by atoms with Crippen molar-refractivity contribution in [2.75, 3.05) is 19.7 Å². The Balaban J connectivity index is 1.40. The average molecular weight is 441 g/mol. The summed E-state index contributed by atoms with van der Waals surface area (Å²) in [6.45, 7) is 4.45. The van der Waals surface area contributed by atoms with E-state index in [-0.39, 0.29) is 29.3 Å². The molecule has 1 aromatic carbocycles. The molecule has 1 amide bonds. The van der Waals surface area contributed by atoms with Crippen LogP contribution in [0.1, 0.15) is 57.4 Å². The van der Waals surface area contributed by atoms with Gasteiger partial charge in [-0.15, -0.1) is 0 Å². The lowest BCUT2D eigenvalue weighted by molar-refractivity contribution is -0.137. The molecule has 1 saturated carbocycles. The standard InChI is InChI=1S/C23H31F3N2O3/c1-16(31-18-7-4-6-17(14-18)23(24,25)26)21(29)27-19-8-10-22(9-5-13-30-22)15-20(19)28-11-2-3-12-28/h4,6-7,14,16,19-20H,2-3,5,8-13,15H2,1H3,(H,27,29). The number of likely N-dealkylation sites (tertiary alicyclic amines) is 1. The van der Waals surface area contributed by atoms with E-state index in [1.807, 2.05) is 0 Å². The van der Waals surface area contributed by atoms with E-state index < -0.39 is 17.8 Å². The molecule has 0 bridgehead atoms. The second-order valence-corrected chi connectivity index (χ2v) is 9.09. The van der Waals surface area contributed by atoms with Crippen LogP contribution in [0.3, 0.4) is 0 Å². The van der Waals surface area contributed by atoms with Gasteiger partial charge < -0.3 is 14.8 Å². The van der Waals surface area contributed by atoms with Crippen molar-refractivity contribution in [2.24, 2.45) is 0 Å². The molecule has 0 radical (unpaired) electrons. The minimum Gasteiger partial charge on any atom is -0.481 e. The number of amides is 1. The Morgan fingerprint density at radius 2 is 2.03 bits per heavy atom. The summed E-state index contributed by atoms with van der Waals surface area (Å²) in [7, 11) is 0. The number of benzene rings is 1. The zero-order valence-electron chi connectivity index (χ0n) is 17.9. The van der Waals surface area contributed by atoms with E-state index in [2.05, 4.69) is 10.2 Å².